The van der Waals surface area contributed by atoms with Crippen LogP contribution < -0.4 is 16.0 Å². The van der Waals surface area contributed by atoms with Gasteiger partial charge in [-0.1, -0.05) is 12.1 Å². The van der Waals surface area contributed by atoms with Gasteiger partial charge in [0.25, 0.3) is 11.8 Å². The summed E-state index contributed by atoms with van der Waals surface area (Å²) in [5.41, 5.74) is 1.56. The molecular weight excluding hydrogens is 406 g/mol. The molecular formula is C17H18BrN3O3S. The SMILES string of the molecule is CNC(=O)c1c(C)cccc1NC(=O)C(C)NC(=O)c1ccc(Br)s1. The largest absolute Gasteiger partial charge is 0.355 e. The first kappa shape index (κ1) is 19.1. The Kier molecular flexibility index (Phi) is 6.33. The number of nitrogens with one attached hydrogen (secondary N) is 3. The highest BCUT2D eigenvalue weighted by molar-refractivity contribution is 9.11. The third-order valence-electron chi connectivity index (χ3n) is 3.52. The first-order valence-electron chi connectivity index (χ1n) is 7.52. The topological polar surface area (TPSA) is 87.3 Å². The number of aryl methyl sites for hydroxylation is 1. The zero-order chi connectivity index (χ0) is 18.6. The zero-order valence-corrected chi connectivity index (χ0v) is 16.4. The molecule has 0 aliphatic carbocycles. The van der Waals surface area contributed by atoms with E-state index in [1.807, 2.05) is 0 Å². The zero-order valence-electron chi connectivity index (χ0n) is 14.0. The minimum atomic E-state index is -0.758. The van der Waals surface area contributed by atoms with Crippen LogP contribution in [-0.2, 0) is 4.79 Å². The van der Waals surface area contributed by atoms with Crippen molar-refractivity contribution in [1.29, 1.82) is 0 Å². The maximum atomic E-state index is 12.4. The molecule has 132 valence electrons. The van der Waals surface area contributed by atoms with E-state index in [2.05, 4.69) is 31.9 Å². The fraction of sp³-hybridized carbons (Fsp3) is 0.235. The van der Waals surface area contributed by atoms with Gasteiger partial charge in [0.1, 0.15) is 6.04 Å². The number of carbonyl (C=O) groups excluding carboxylic acids is 3. The quantitative estimate of drug-likeness (QED) is 0.690. The second kappa shape index (κ2) is 8.26. The number of thiophene rings is 1. The van der Waals surface area contributed by atoms with Crippen LogP contribution in [0, 0.1) is 6.92 Å². The molecule has 0 bridgehead atoms. The summed E-state index contributed by atoms with van der Waals surface area (Å²) in [6.45, 7) is 3.38. The summed E-state index contributed by atoms with van der Waals surface area (Å²) < 4.78 is 0.838. The average Bonchev–Trinajstić information content (AvgIpc) is 3.01. The fourth-order valence-corrected chi connectivity index (χ4v) is 3.50. The molecule has 0 saturated heterocycles. The number of benzene rings is 1. The van der Waals surface area contributed by atoms with Gasteiger partial charge in [-0.25, -0.2) is 0 Å². The van der Waals surface area contributed by atoms with Gasteiger partial charge in [0.15, 0.2) is 0 Å². The van der Waals surface area contributed by atoms with Crippen LogP contribution in [0.15, 0.2) is 34.1 Å². The normalized spacial score (nSPS) is 11.5. The Morgan fingerprint density at radius 2 is 1.84 bits per heavy atom. The average molecular weight is 424 g/mol. The molecule has 25 heavy (non-hydrogen) atoms. The van der Waals surface area contributed by atoms with Crippen LogP contribution >= 0.6 is 27.3 Å². The Balaban J connectivity index is 2.10. The molecule has 1 unspecified atom stereocenters. The van der Waals surface area contributed by atoms with Crippen molar-refractivity contribution < 1.29 is 14.4 Å². The third-order valence-corrected chi connectivity index (χ3v) is 5.15. The van der Waals surface area contributed by atoms with Crippen LogP contribution in [-0.4, -0.2) is 30.8 Å². The molecule has 2 rings (SSSR count). The lowest BCUT2D eigenvalue weighted by molar-refractivity contribution is -0.117. The molecule has 3 amide bonds. The minimum absolute atomic E-state index is 0.284. The lowest BCUT2D eigenvalue weighted by Crippen LogP contribution is -2.41. The van der Waals surface area contributed by atoms with E-state index in [1.54, 1.807) is 44.2 Å². The second-order valence-corrected chi connectivity index (χ2v) is 7.83. The molecule has 6 nitrogen and oxygen atoms in total. The molecule has 0 aliphatic heterocycles. The van der Waals surface area contributed by atoms with E-state index in [-0.39, 0.29) is 11.8 Å². The van der Waals surface area contributed by atoms with Crippen molar-refractivity contribution in [3.8, 4) is 0 Å². The number of amides is 3. The highest BCUT2D eigenvalue weighted by Gasteiger charge is 2.20. The number of hydrogen-bond acceptors (Lipinski definition) is 4. The molecule has 0 radical (unpaired) electrons. The minimum Gasteiger partial charge on any atom is -0.355 e. The maximum Gasteiger partial charge on any atom is 0.262 e. The van der Waals surface area contributed by atoms with Crippen molar-refractivity contribution in [2.24, 2.45) is 0 Å². The Morgan fingerprint density at radius 1 is 1.12 bits per heavy atom. The smallest absolute Gasteiger partial charge is 0.262 e. The highest BCUT2D eigenvalue weighted by Crippen LogP contribution is 2.22. The van der Waals surface area contributed by atoms with Gasteiger partial charge in [0.2, 0.25) is 5.91 Å². The van der Waals surface area contributed by atoms with E-state index < -0.39 is 11.9 Å². The Morgan fingerprint density at radius 3 is 2.44 bits per heavy atom. The van der Waals surface area contributed by atoms with Gasteiger partial charge in [0.05, 0.1) is 19.9 Å². The maximum absolute atomic E-state index is 12.4. The lowest BCUT2D eigenvalue weighted by Gasteiger charge is -2.16. The number of anilines is 1. The van der Waals surface area contributed by atoms with Gasteiger partial charge < -0.3 is 16.0 Å². The van der Waals surface area contributed by atoms with Crippen LogP contribution in [0.3, 0.4) is 0 Å². The predicted octanol–water partition coefficient (Wildman–Crippen LogP) is 2.94. The number of carbonyl (C=O) groups is 3. The van der Waals surface area contributed by atoms with Crippen molar-refractivity contribution in [2.45, 2.75) is 19.9 Å². The summed E-state index contributed by atoms with van der Waals surface area (Å²) >= 11 is 4.58. The summed E-state index contributed by atoms with van der Waals surface area (Å²) in [6.07, 6.45) is 0. The molecule has 1 aromatic heterocycles. The van der Waals surface area contributed by atoms with Crippen molar-refractivity contribution in [2.75, 3.05) is 12.4 Å². The van der Waals surface area contributed by atoms with Crippen LogP contribution in [0.25, 0.3) is 0 Å². The van der Waals surface area contributed by atoms with Crippen LogP contribution in [0.1, 0.15) is 32.5 Å². The molecule has 0 fully saturated rings. The molecule has 1 aromatic carbocycles. The first-order valence-corrected chi connectivity index (χ1v) is 9.13. The molecule has 1 heterocycles. The molecule has 2 aromatic rings. The molecule has 3 N–H and O–H groups in total. The standard InChI is InChI=1S/C17H18BrN3O3S/c1-9-5-4-6-11(14(9)17(24)19-3)21-15(22)10(2)20-16(23)12-7-8-13(18)25-12/h4-8,10H,1-3H3,(H,19,24)(H,20,23)(H,21,22). The van der Waals surface area contributed by atoms with E-state index >= 15 is 0 Å². The summed E-state index contributed by atoms with van der Waals surface area (Å²) in [7, 11) is 1.53. The van der Waals surface area contributed by atoms with Gasteiger partial charge in [-0.05, 0) is 53.5 Å². The monoisotopic (exact) mass is 423 g/mol. The molecule has 8 heteroatoms. The molecule has 1 atom stereocenters. The summed E-state index contributed by atoms with van der Waals surface area (Å²) in [5, 5.41) is 7.91. The molecule has 0 spiro atoms. The summed E-state index contributed by atoms with van der Waals surface area (Å²) in [6, 6.07) is 7.89. The van der Waals surface area contributed by atoms with Gasteiger partial charge in [-0.2, -0.15) is 0 Å². The van der Waals surface area contributed by atoms with Crippen LogP contribution in [0.5, 0.6) is 0 Å². The molecule has 0 aliphatic rings. The van der Waals surface area contributed by atoms with Crippen molar-refractivity contribution in [1.82, 2.24) is 10.6 Å². The van der Waals surface area contributed by atoms with Gasteiger partial charge in [-0.3, -0.25) is 14.4 Å². The van der Waals surface area contributed by atoms with Gasteiger partial charge >= 0.3 is 0 Å². The number of halogens is 1. The van der Waals surface area contributed by atoms with Crippen molar-refractivity contribution >= 4 is 50.7 Å². The second-order valence-electron chi connectivity index (χ2n) is 5.36. The van der Waals surface area contributed by atoms with Crippen LogP contribution in [0.2, 0.25) is 0 Å². The summed E-state index contributed by atoms with van der Waals surface area (Å²) in [5.74, 6) is -1.01. The van der Waals surface area contributed by atoms with E-state index in [1.165, 1.54) is 18.4 Å². The van der Waals surface area contributed by atoms with Gasteiger partial charge in [-0.15, -0.1) is 11.3 Å². The Bertz CT molecular complexity index is 819. The first-order chi connectivity index (χ1) is 11.8. The van der Waals surface area contributed by atoms with E-state index in [0.29, 0.717) is 16.1 Å². The van der Waals surface area contributed by atoms with E-state index in [4.69, 9.17) is 0 Å². The predicted molar refractivity (Wildman–Crippen MR) is 102 cm³/mol. The lowest BCUT2D eigenvalue weighted by atomic mass is 10.1. The highest BCUT2D eigenvalue weighted by atomic mass is 79.9. The van der Waals surface area contributed by atoms with Crippen molar-refractivity contribution in [3.05, 3.63) is 50.1 Å². The molecule has 0 saturated carbocycles. The van der Waals surface area contributed by atoms with Crippen LogP contribution in [0.4, 0.5) is 5.69 Å². The number of rotatable bonds is 5. The van der Waals surface area contributed by atoms with Gasteiger partial charge in [0, 0.05) is 7.05 Å². The van der Waals surface area contributed by atoms with E-state index in [0.717, 1.165) is 9.35 Å². The Labute approximate surface area is 158 Å². The third kappa shape index (κ3) is 4.67. The van der Waals surface area contributed by atoms with E-state index in [9.17, 15) is 14.4 Å². The van der Waals surface area contributed by atoms with Crippen molar-refractivity contribution in [3.63, 3.8) is 0 Å². The summed E-state index contributed by atoms with van der Waals surface area (Å²) in [4.78, 5) is 37.1. The Hall–Kier alpha value is -2.19. The fourth-order valence-electron chi connectivity index (χ4n) is 2.21. The number of hydrogen-bond donors (Lipinski definition) is 3.